The monoisotopic (exact) mass is 361 g/mol. The Morgan fingerprint density at radius 1 is 1.38 bits per heavy atom. The Kier molecular flexibility index (Phi) is 7.53. The molecule has 0 spiro atoms. The van der Waals surface area contributed by atoms with Gasteiger partial charge in [-0.2, -0.15) is 8.78 Å². The SMILES string of the molecule is Cc1c(C(=O)NCCCN)nnn1-c1ccc(OC(F)F)cc1.Cl. The third kappa shape index (κ3) is 4.87. The lowest BCUT2D eigenvalue weighted by atomic mass is 10.2. The van der Waals surface area contributed by atoms with Crippen molar-refractivity contribution < 1.29 is 18.3 Å². The van der Waals surface area contributed by atoms with E-state index in [9.17, 15) is 13.6 Å². The third-order valence-corrected chi connectivity index (χ3v) is 3.08. The number of aromatic nitrogens is 3. The molecule has 0 radical (unpaired) electrons. The lowest BCUT2D eigenvalue weighted by Gasteiger charge is -2.07. The number of nitrogens with zero attached hydrogens (tertiary/aromatic N) is 3. The van der Waals surface area contributed by atoms with E-state index in [1.807, 2.05) is 0 Å². The van der Waals surface area contributed by atoms with Crippen LogP contribution in [-0.2, 0) is 0 Å². The fourth-order valence-corrected chi connectivity index (χ4v) is 1.94. The van der Waals surface area contributed by atoms with Crippen LogP contribution in [0.1, 0.15) is 22.6 Å². The van der Waals surface area contributed by atoms with Gasteiger partial charge >= 0.3 is 6.61 Å². The van der Waals surface area contributed by atoms with Gasteiger partial charge in [0.2, 0.25) is 0 Å². The van der Waals surface area contributed by atoms with Crippen molar-refractivity contribution in [2.45, 2.75) is 20.0 Å². The highest BCUT2D eigenvalue weighted by atomic mass is 35.5. The van der Waals surface area contributed by atoms with Gasteiger partial charge in [-0.3, -0.25) is 4.79 Å². The van der Waals surface area contributed by atoms with E-state index < -0.39 is 6.61 Å². The molecule has 0 aliphatic carbocycles. The Labute approximate surface area is 143 Å². The van der Waals surface area contributed by atoms with Gasteiger partial charge in [0.15, 0.2) is 5.69 Å². The van der Waals surface area contributed by atoms with E-state index in [1.165, 1.54) is 16.8 Å². The molecular formula is C14H18ClF2N5O2. The number of hydrogen-bond acceptors (Lipinski definition) is 5. The predicted molar refractivity (Wildman–Crippen MR) is 86.0 cm³/mol. The highest BCUT2D eigenvalue weighted by molar-refractivity contribution is 5.93. The molecular weight excluding hydrogens is 344 g/mol. The molecule has 0 aliphatic heterocycles. The molecule has 0 saturated carbocycles. The summed E-state index contributed by atoms with van der Waals surface area (Å²) >= 11 is 0. The van der Waals surface area contributed by atoms with Crippen LogP contribution in [0, 0.1) is 6.92 Å². The molecule has 1 aromatic heterocycles. The summed E-state index contributed by atoms with van der Waals surface area (Å²) in [6.07, 6.45) is 0.671. The van der Waals surface area contributed by atoms with Gasteiger partial charge in [0.1, 0.15) is 5.75 Å². The van der Waals surface area contributed by atoms with Crippen LogP contribution in [0.25, 0.3) is 5.69 Å². The van der Waals surface area contributed by atoms with E-state index >= 15 is 0 Å². The number of carbonyl (C=O) groups excluding carboxylic acids is 1. The number of nitrogens with two attached hydrogens (primary N) is 1. The van der Waals surface area contributed by atoms with Crippen LogP contribution in [0.3, 0.4) is 0 Å². The number of amides is 1. The highest BCUT2D eigenvalue weighted by Gasteiger charge is 2.17. The number of carbonyl (C=O) groups is 1. The number of alkyl halides is 2. The summed E-state index contributed by atoms with van der Waals surface area (Å²) in [6, 6.07) is 5.89. The van der Waals surface area contributed by atoms with E-state index in [-0.39, 0.29) is 29.8 Å². The maximum Gasteiger partial charge on any atom is 0.387 e. The van der Waals surface area contributed by atoms with Crippen LogP contribution in [0.4, 0.5) is 8.78 Å². The van der Waals surface area contributed by atoms with Crippen molar-refractivity contribution in [3.63, 3.8) is 0 Å². The van der Waals surface area contributed by atoms with E-state index in [0.29, 0.717) is 30.9 Å². The van der Waals surface area contributed by atoms with Crippen LogP contribution < -0.4 is 15.8 Å². The second-order valence-corrected chi connectivity index (χ2v) is 4.71. The normalized spacial score (nSPS) is 10.4. The minimum Gasteiger partial charge on any atom is -0.435 e. The van der Waals surface area contributed by atoms with Gasteiger partial charge in [0.05, 0.1) is 11.4 Å². The first-order chi connectivity index (χ1) is 11.0. The average Bonchev–Trinajstić information content (AvgIpc) is 2.89. The lowest BCUT2D eigenvalue weighted by molar-refractivity contribution is -0.0498. The first kappa shape index (κ1) is 19.8. The molecule has 7 nitrogen and oxygen atoms in total. The van der Waals surface area contributed by atoms with Crippen molar-refractivity contribution in [1.82, 2.24) is 20.3 Å². The first-order valence-corrected chi connectivity index (χ1v) is 6.98. The topological polar surface area (TPSA) is 95.1 Å². The Morgan fingerprint density at radius 3 is 2.62 bits per heavy atom. The molecule has 0 saturated heterocycles. The Balaban J connectivity index is 0.00000288. The Morgan fingerprint density at radius 2 is 2.04 bits per heavy atom. The smallest absolute Gasteiger partial charge is 0.387 e. The number of hydrogen-bond donors (Lipinski definition) is 2. The van der Waals surface area contributed by atoms with E-state index in [4.69, 9.17) is 5.73 Å². The van der Waals surface area contributed by atoms with Crippen LogP contribution in [0.2, 0.25) is 0 Å². The number of benzene rings is 1. The molecule has 0 bridgehead atoms. The van der Waals surface area contributed by atoms with Gasteiger partial charge in [0, 0.05) is 6.54 Å². The van der Waals surface area contributed by atoms with Crippen molar-refractivity contribution in [2.75, 3.05) is 13.1 Å². The van der Waals surface area contributed by atoms with Gasteiger partial charge in [-0.25, -0.2) is 4.68 Å². The maximum absolute atomic E-state index is 12.1. The van der Waals surface area contributed by atoms with Gasteiger partial charge in [0.25, 0.3) is 5.91 Å². The summed E-state index contributed by atoms with van der Waals surface area (Å²) in [5, 5.41) is 10.5. The summed E-state index contributed by atoms with van der Waals surface area (Å²) in [5.41, 5.74) is 6.69. The second kappa shape index (κ2) is 9.14. The van der Waals surface area contributed by atoms with Crippen molar-refractivity contribution >= 4 is 18.3 Å². The van der Waals surface area contributed by atoms with Crippen LogP contribution in [0.15, 0.2) is 24.3 Å². The number of nitrogens with one attached hydrogen (secondary N) is 1. The summed E-state index contributed by atoms with van der Waals surface area (Å²) in [7, 11) is 0. The quantitative estimate of drug-likeness (QED) is 0.731. The fraction of sp³-hybridized carbons (Fsp3) is 0.357. The minimum atomic E-state index is -2.88. The molecule has 0 atom stereocenters. The summed E-state index contributed by atoms with van der Waals surface area (Å²) in [5.74, 6) is -0.291. The Bertz CT molecular complexity index is 664. The van der Waals surface area contributed by atoms with Crippen LogP contribution >= 0.6 is 12.4 Å². The van der Waals surface area contributed by atoms with Gasteiger partial charge in [-0.1, -0.05) is 5.21 Å². The molecule has 2 aromatic rings. The van der Waals surface area contributed by atoms with Crippen molar-refractivity contribution in [3.8, 4) is 11.4 Å². The van der Waals surface area contributed by atoms with Crippen molar-refractivity contribution in [1.29, 1.82) is 0 Å². The van der Waals surface area contributed by atoms with E-state index in [1.54, 1.807) is 19.1 Å². The molecule has 1 amide bonds. The maximum atomic E-state index is 12.1. The zero-order valence-corrected chi connectivity index (χ0v) is 13.7. The summed E-state index contributed by atoms with van der Waals surface area (Å²) in [6.45, 7) is -0.236. The minimum absolute atomic E-state index is 0. The molecule has 0 aliphatic rings. The van der Waals surface area contributed by atoms with E-state index in [2.05, 4.69) is 20.4 Å². The standard InChI is InChI=1S/C14H17F2N5O2.ClH/c1-9-12(13(22)18-8-2-7-17)19-20-21(9)10-3-5-11(6-4-10)23-14(15)16;/h3-6,14H,2,7-8,17H2,1H3,(H,18,22);1H. The number of rotatable bonds is 7. The zero-order valence-electron chi connectivity index (χ0n) is 12.9. The van der Waals surface area contributed by atoms with Gasteiger partial charge in [-0.15, -0.1) is 17.5 Å². The molecule has 3 N–H and O–H groups in total. The van der Waals surface area contributed by atoms with E-state index in [0.717, 1.165) is 0 Å². The number of ether oxygens (including phenoxy) is 1. The lowest BCUT2D eigenvalue weighted by Crippen LogP contribution is -2.27. The van der Waals surface area contributed by atoms with Gasteiger partial charge < -0.3 is 15.8 Å². The molecule has 132 valence electrons. The summed E-state index contributed by atoms with van der Waals surface area (Å²) < 4.78 is 30.0. The molecule has 10 heteroatoms. The fourth-order valence-electron chi connectivity index (χ4n) is 1.94. The Hall–Kier alpha value is -2.26. The van der Waals surface area contributed by atoms with Crippen molar-refractivity contribution in [3.05, 3.63) is 35.7 Å². The number of halogens is 3. The zero-order chi connectivity index (χ0) is 16.8. The molecule has 2 rings (SSSR count). The average molecular weight is 362 g/mol. The molecule has 1 aromatic carbocycles. The second-order valence-electron chi connectivity index (χ2n) is 4.71. The highest BCUT2D eigenvalue weighted by Crippen LogP contribution is 2.18. The van der Waals surface area contributed by atoms with Crippen LogP contribution in [-0.4, -0.2) is 40.6 Å². The first-order valence-electron chi connectivity index (χ1n) is 6.98. The molecule has 0 fully saturated rings. The largest absolute Gasteiger partial charge is 0.435 e. The molecule has 24 heavy (non-hydrogen) atoms. The molecule has 1 heterocycles. The predicted octanol–water partition coefficient (Wildman–Crippen LogP) is 1.68. The van der Waals surface area contributed by atoms with Crippen LogP contribution in [0.5, 0.6) is 5.75 Å². The third-order valence-electron chi connectivity index (χ3n) is 3.08. The van der Waals surface area contributed by atoms with Crippen molar-refractivity contribution in [2.24, 2.45) is 5.73 Å². The van der Waals surface area contributed by atoms with Gasteiger partial charge in [-0.05, 0) is 44.2 Å². The molecule has 0 unspecified atom stereocenters. The summed E-state index contributed by atoms with van der Waals surface area (Å²) in [4.78, 5) is 12.0.